The summed E-state index contributed by atoms with van der Waals surface area (Å²) < 4.78 is 2.97. The van der Waals surface area contributed by atoms with Gasteiger partial charge in [-0.1, -0.05) is 70.2 Å². The molecule has 2 aromatic carbocycles. The number of aryl methyl sites for hydroxylation is 1. The second-order valence-corrected chi connectivity index (χ2v) is 8.54. The lowest BCUT2D eigenvalue weighted by Gasteiger charge is -2.13. The van der Waals surface area contributed by atoms with Crippen LogP contribution >= 0.6 is 27.7 Å². The van der Waals surface area contributed by atoms with Gasteiger partial charge < -0.3 is 10.3 Å². The maximum Gasteiger partial charge on any atom is 0.318 e. The second kappa shape index (κ2) is 9.71. The number of thioether (sulfide) groups is 1. The summed E-state index contributed by atoms with van der Waals surface area (Å²) >= 11 is 4.68. The highest BCUT2D eigenvalue weighted by molar-refractivity contribution is 9.10. The van der Waals surface area contributed by atoms with E-state index in [1.54, 1.807) is 6.92 Å². The van der Waals surface area contributed by atoms with Gasteiger partial charge in [0.1, 0.15) is 0 Å². The first-order valence-corrected chi connectivity index (χ1v) is 10.6. The molecule has 3 aromatic rings. The van der Waals surface area contributed by atoms with Crippen molar-refractivity contribution in [1.29, 1.82) is 0 Å². The van der Waals surface area contributed by atoms with E-state index in [4.69, 9.17) is 5.73 Å². The quantitative estimate of drug-likeness (QED) is 0.510. The molecule has 1 heterocycles. The number of urea groups is 1. The van der Waals surface area contributed by atoms with Crippen LogP contribution in [0.5, 0.6) is 0 Å². The summed E-state index contributed by atoms with van der Waals surface area (Å²) in [6, 6.07) is 17.1. The number of halogens is 1. The van der Waals surface area contributed by atoms with Crippen LogP contribution in [0, 0.1) is 0 Å². The Hall–Kier alpha value is -2.65. The fourth-order valence-corrected chi connectivity index (χ4v) is 3.85. The first-order valence-electron chi connectivity index (χ1n) is 8.94. The lowest BCUT2D eigenvalue weighted by molar-refractivity contribution is -0.119. The number of rotatable bonds is 7. The molecule has 0 bridgehead atoms. The van der Waals surface area contributed by atoms with E-state index in [0.29, 0.717) is 11.7 Å². The minimum Gasteiger partial charge on any atom is -0.351 e. The number of primary amides is 1. The molecule has 0 fully saturated rings. The number of nitrogens with zero attached hydrogens (tertiary/aromatic N) is 3. The first-order chi connectivity index (χ1) is 13.9. The minimum absolute atomic E-state index is 0.467. The molecule has 0 saturated heterocycles. The molecule has 0 spiro atoms. The van der Waals surface area contributed by atoms with Gasteiger partial charge in [-0.15, -0.1) is 10.2 Å². The van der Waals surface area contributed by atoms with E-state index in [-0.39, 0.29) is 0 Å². The Balaban J connectivity index is 1.87. The molecule has 29 heavy (non-hydrogen) atoms. The Labute approximate surface area is 181 Å². The molecule has 0 aliphatic rings. The third-order valence-corrected chi connectivity index (χ3v) is 5.79. The molecule has 0 saturated carbocycles. The molecule has 1 aromatic heterocycles. The van der Waals surface area contributed by atoms with Crippen LogP contribution in [-0.2, 0) is 17.8 Å². The van der Waals surface area contributed by atoms with Gasteiger partial charge in [0.05, 0.1) is 5.25 Å². The highest BCUT2D eigenvalue weighted by Gasteiger charge is 2.21. The van der Waals surface area contributed by atoms with Gasteiger partial charge in [-0.05, 0) is 31.0 Å². The average Bonchev–Trinajstić information content (AvgIpc) is 3.09. The fourth-order valence-electron chi connectivity index (χ4n) is 2.71. The summed E-state index contributed by atoms with van der Waals surface area (Å²) in [7, 11) is 0. The maximum absolute atomic E-state index is 12.1. The number of amides is 3. The number of aromatic nitrogens is 3. The predicted molar refractivity (Wildman–Crippen MR) is 116 cm³/mol. The summed E-state index contributed by atoms with van der Waals surface area (Å²) in [4.78, 5) is 23.0. The zero-order chi connectivity index (χ0) is 20.8. The van der Waals surface area contributed by atoms with E-state index in [0.717, 1.165) is 22.3 Å². The molecular weight excluding hydrogens is 454 g/mol. The Bertz CT molecular complexity index is 992. The third kappa shape index (κ3) is 5.68. The highest BCUT2D eigenvalue weighted by Crippen LogP contribution is 2.28. The van der Waals surface area contributed by atoms with Crippen molar-refractivity contribution in [2.75, 3.05) is 0 Å². The van der Waals surface area contributed by atoms with Crippen molar-refractivity contribution in [3.8, 4) is 11.4 Å². The molecule has 1 atom stereocenters. The Morgan fingerprint density at radius 3 is 2.48 bits per heavy atom. The summed E-state index contributed by atoms with van der Waals surface area (Å²) in [6.07, 6.45) is 0.790. The van der Waals surface area contributed by atoms with Crippen LogP contribution in [0.2, 0.25) is 0 Å². The van der Waals surface area contributed by atoms with Gasteiger partial charge in [-0.3, -0.25) is 10.1 Å². The minimum atomic E-state index is -0.872. The maximum atomic E-state index is 12.1. The monoisotopic (exact) mass is 473 g/mol. The number of hydrogen-bond acceptors (Lipinski definition) is 5. The van der Waals surface area contributed by atoms with Gasteiger partial charge in [0.15, 0.2) is 11.0 Å². The fraction of sp³-hybridized carbons (Fsp3) is 0.200. The largest absolute Gasteiger partial charge is 0.351 e. The van der Waals surface area contributed by atoms with Gasteiger partial charge in [0.2, 0.25) is 5.91 Å². The molecule has 3 amide bonds. The molecule has 3 N–H and O–H groups in total. The summed E-state index contributed by atoms with van der Waals surface area (Å²) in [6.45, 7) is 2.34. The zero-order valence-electron chi connectivity index (χ0n) is 15.7. The number of carbonyl (C=O) groups is 2. The van der Waals surface area contributed by atoms with Gasteiger partial charge in [-0.25, -0.2) is 4.79 Å². The van der Waals surface area contributed by atoms with Crippen molar-refractivity contribution in [1.82, 2.24) is 20.1 Å². The van der Waals surface area contributed by atoms with Crippen molar-refractivity contribution >= 4 is 39.6 Å². The van der Waals surface area contributed by atoms with E-state index < -0.39 is 17.2 Å². The van der Waals surface area contributed by atoms with Crippen molar-refractivity contribution in [3.63, 3.8) is 0 Å². The Morgan fingerprint density at radius 2 is 1.83 bits per heavy atom. The number of benzene rings is 2. The Morgan fingerprint density at radius 1 is 1.14 bits per heavy atom. The van der Waals surface area contributed by atoms with E-state index in [1.165, 1.54) is 17.3 Å². The molecule has 0 radical (unpaired) electrons. The number of carbonyl (C=O) groups excluding carboxylic acids is 2. The lowest BCUT2D eigenvalue weighted by Crippen LogP contribution is -2.39. The van der Waals surface area contributed by atoms with E-state index >= 15 is 0 Å². The van der Waals surface area contributed by atoms with Crippen LogP contribution in [0.1, 0.15) is 12.5 Å². The molecule has 7 nitrogen and oxygen atoms in total. The molecule has 150 valence electrons. The highest BCUT2D eigenvalue weighted by atomic mass is 79.9. The van der Waals surface area contributed by atoms with Gasteiger partial charge in [0.25, 0.3) is 0 Å². The van der Waals surface area contributed by atoms with Crippen LogP contribution in [0.3, 0.4) is 0 Å². The van der Waals surface area contributed by atoms with Gasteiger partial charge >= 0.3 is 6.03 Å². The second-order valence-electron chi connectivity index (χ2n) is 6.31. The number of nitrogens with two attached hydrogens (primary N) is 1. The van der Waals surface area contributed by atoms with Crippen LogP contribution in [0.4, 0.5) is 4.79 Å². The van der Waals surface area contributed by atoms with Crippen molar-refractivity contribution in [2.24, 2.45) is 5.73 Å². The third-order valence-electron chi connectivity index (χ3n) is 4.18. The van der Waals surface area contributed by atoms with E-state index in [2.05, 4.69) is 43.6 Å². The van der Waals surface area contributed by atoms with Crippen LogP contribution in [-0.4, -0.2) is 32.0 Å². The number of nitrogens with one attached hydrogen (secondary N) is 1. The van der Waals surface area contributed by atoms with Crippen molar-refractivity contribution < 1.29 is 9.59 Å². The molecular formula is C20H20BrN5O2S. The topological polar surface area (TPSA) is 103 Å². The van der Waals surface area contributed by atoms with Gasteiger partial charge in [-0.2, -0.15) is 0 Å². The number of imide groups is 1. The smallest absolute Gasteiger partial charge is 0.318 e. The standard InChI is InChI=1S/C20H20BrN5O2S/c1-13(18(27)23-19(22)28)29-20-25-24-17(15-7-9-16(21)10-8-15)26(20)12-11-14-5-3-2-4-6-14/h2-10,13H,11-12H2,1H3,(H3,22,23,27,28). The van der Waals surface area contributed by atoms with Crippen LogP contribution in [0.15, 0.2) is 64.2 Å². The molecule has 9 heteroatoms. The van der Waals surface area contributed by atoms with E-state index in [1.807, 2.05) is 47.0 Å². The molecule has 3 rings (SSSR count). The Kier molecular flexibility index (Phi) is 7.05. The van der Waals surface area contributed by atoms with Gasteiger partial charge in [0, 0.05) is 16.6 Å². The molecule has 0 aliphatic heterocycles. The van der Waals surface area contributed by atoms with Crippen molar-refractivity contribution in [2.45, 2.75) is 30.3 Å². The summed E-state index contributed by atoms with van der Waals surface area (Å²) in [5.41, 5.74) is 7.16. The SMILES string of the molecule is CC(Sc1nnc(-c2ccc(Br)cc2)n1CCc1ccccc1)C(=O)NC(N)=O. The van der Waals surface area contributed by atoms with Crippen molar-refractivity contribution in [3.05, 3.63) is 64.6 Å². The molecule has 1 unspecified atom stereocenters. The zero-order valence-corrected chi connectivity index (χ0v) is 18.1. The molecule has 0 aliphatic carbocycles. The summed E-state index contributed by atoms with van der Waals surface area (Å²) in [5.74, 6) is 0.253. The first kappa shape index (κ1) is 21.1. The van der Waals surface area contributed by atoms with Crippen LogP contribution < -0.4 is 11.1 Å². The van der Waals surface area contributed by atoms with E-state index in [9.17, 15) is 9.59 Å². The number of hydrogen-bond donors (Lipinski definition) is 2. The average molecular weight is 474 g/mol. The normalized spacial score (nSPS) is 11.8. The predicted octanol–water partition coefficient (Wildman–Crippen LogP) is 3.63. The van der Waals surface area contributed by atoms with Crippen LogP contribution in [0.25, 0.3) is 11.4 Å². The summed E-state index contributed by atoms with van der Waals surface area (Å²) in [5, 5.41) is 10.8. The lowest BCUT2D eigenvalue weighted by atomic mass is 10.1.